The average Bonchev–Trinajstić information content (AvgIpc) is 0.381. The summed E-state index contributed by atoms with van der Waals surface area (Å²) in [6.45, 7) is 0. The van der Waals surface area contributed by atoms with Gasteiger partial charge >= 0.3 is 0 Å². The van der Waals surface area contributed by atoms with E-state index in [1.807, 2.05) is 25.7 Å². The van der Waals surface area contributed by atoms with Crippen LogP contribution in [-0.4, -0.2) is 0 Å². The van der Waals surface area contributed by atoms with Gasteiger partial charge in [0.2, 0.25) is 0 Å². The fraction of sp³-hybridized carbons (Fsp3) is 1.00. The summed E-state index contributed by atoms with van der Waals surface area (Å²) in [5, 5.41) is 0. The zero-order valence-electron chi connectivity index (χ0n) is 75.9. The molecular formula is C144H48. The van der Waals surface area contributed by atoms with Crippen LogP contribution in [-0.2, 0) is 0 Å². The zero-order chi connectivity index (χ0) is 75.9. The van der Waals surface area contributed by atoms with E-state index < -0.39 is 0 Å². The van der Waals surface area contributed by atoms with Crippen molar-refractivity contribution in [2.24, 2.45) is 464 Å². The summed E-state index contributed by atoms with van der Waals surface area (Å²) in [7, 11) is 0. The summed E-state index contributed by atoms with van der Waals surface area (Å²) in [6, 6.07) is 0. The Balaban J connectivity index is 0.519. The van der Waals surface area contributed by atoms with E-state index in [1.54, 1.807) is 0 Å². The molecule has 0 aromatic rings. The van der Waals surface area contributed by atoms with Crippen molar-refractivity contribution < 1.29 is 0 Å². The van der Waals surface area contributed by atoms with Gasteiger partial charge < -0.3 is 0 Å². The highest BCUT2D eigenvalue weighted by Gasteiger charge is 3.99. The van der Waals surface area contributed by atoms with Crippen LogP contribution in [0.1, 0.15) is 25.7 Å². The summed E-state index contributed by atoms with van der Waals surface area (Å²) >= 11 is 0. The van der Waals surface area contributed by atoms with Crippen LogP contribution in [0.15, 0.2) is 0 Å². The molecule has 100 spiro atoms. The molecule has 0 nitrogen and oxygen atoms in total. The lowest BCUT2D eigenvalue weighted by Gasteiger charge is -3.88. The normalized spacial score (nSPS) is 164. The van der Waals surface area contributed by atoms with Crippen LogP contribution in [0, 0.1) is 778 Å². The average molecular weight is 1780 g/mol. The van der Waals surface area contributed by atoms with Crippen molar-refractivity contribution in [3.63, 3.8) is 0 Å². The Labute approximate surface area is 797 Å². The summed E-state index contributed by atoms with van der Waals surface area (Å²) in [4.78, 5) is 0. The van der Waals surface area contributed by atoms with Gasteiger partial charge in [-0.3, -0.25) is 0 Å². The number of hydrogen-bond donors (Lipinski definition) is 0. The van der Waals surface area contributed by atoms with Gasteiger partial charge in [0.15, 0.2) is 0 Å². The standard InChI is InChI=1S/C144H48/c1-5-13-21-29-37-39-31-23-15-7-2-9-17-25-33-41-43-35-27-19-11-4-12-20-28-36-44-42-34-26-18-10-3-8-16-24-32-40-38-30-22-14-6(1)45(5)49(13)57(21)65(29)73(37)75(39)67(31)59(23)51(15)46(7,9)53(17)61(25)69(33)77(41)79(43)71(35)63(27)55(19)48(11,12)56(20)64(28)72(36)80(44)78(42)70(34)62(26)54(18)47(8,10)52(16)60(24)68(32)76(40)74(38)66(30)58(22)50(14,45)81(49)85(57)93(65)101(73)103(75)95(67)87(59)82(51,53)89(61)97(69)105(77)107(79)99(71)91(63)84(55,56)92(64)100(72)108(80)106(78)98(70)90(62)83(52,54)88(60)96(68)104(76)102(74)94(66)86(58,81)109(85)113(93)121(101)123(103)115(95)110(87,89)117(97)125(105)127(107)119(99)112(91,92)120(100)128(108)126(106)118(98)111(88,90)116(96)124(104)122(102)114(94,109)129(113)133(121)135(123)130(115,117)137(125)139(127)132(119,120)140(128)138(126)131(116,118)136(124)134(122,129)141(133)142(135,137)144(139,140)143(136,138)141/h5-44H,1-4H2/t5?,6?,7?,8?,9?,10?,11?,12?,13?,14?,15?,16?,17?,18?,19?,20?,21?,22?,23?,24?,25?,26?,27?,28?,29?,30?,31?,32?,33?,34?,35?,36?,37?,38?,39?,40?,41?,42?,43?,44?,45?,46?,47?,48?,49-,50?,51?,52?,53?,54?,55?,56?,57-,58?,59-,60?,61?,62?,63?,64?,65-,66?,67+,68?,69?,70?,71?,72?,73-,74?,75+,76?,77?,78?,79?,80?,81?,82?,83?,84?,85?,86?,87-,88?,89?,90?,91?,92?,93?,94?,95?,96?,97?,98?,99?,100?,101?,102?,103?,104?,105?,106?,107?,108?,109?,110?,111?,112?,113?,114?,115?,116?,117-,118?,119?,120?,121?,122?,123?,124?,125-,126?,127+,128?,129?,130?,131?,132?,133?,134?,135?,136?,137?,138?,139?,140?,141?,142?,143?,144?/m1/s1. The van der Waals surface area contributed by atoms with Crippen molar-refractivity contribution in [2.75, 3.05) is 0 Å². The zero-order valence-corrected chi connectivity index (χ0v) is 75.9. The molecule has 0 aromatic heterocycles. The van der Waals surface area contributed by atoms with E-state index in [0.29, 0.717) is 0 Å². The van der Waals surface area contributed by atoms with Crippen molar-refractivity contribution in [3.05, 3.63) is 314 Å². The Kier molecular flexibility index (Phi) is 1.61. The first-order valence-corrected chi connectivity index (χ1v) is 71.8. The van der Waals surface area contributed by atoms with E-state index in [2.05, 4.69) is 0 Å². The quantitative estimate of drug-likeness (QED) is 0.227. The Morgan fingerprint density at radius 1 is 0.0625 bits per heavy atom. The second-order valence-electron chi connectivity index (χ2n) is 100.0. The monoisotopic (exact) mass is 1780 g/mol. The molecular weight excluding hydrogens is 1730 g/mol. The number of rotatable bonds is 0. The number of hydrogen-bond acceptors (Lipinski definition) is 0. The van der Waals surface area contributed by atoms with E-state index in [1.165, 1.54) is 562 Å². The highest BCUT2D eigenvalue weighted by Crippen LogP contribution is 4.05. The summed E-state index contributed by atoms with van der Waals surface area (Å²) in [5.74, 6) is 59.3. The molecule has 121 fully saturated rings. The topological polar surface area (TPSA) is 0 Å². The molecule has 121 aliphatic carbocycles. The highest BCUT2D eigenvalue weighted by molar-refractivity contribution is 7.11. The third-order valence-corrected chi connectivity index (χ3v) is 142. The molecule has 0 heteroatoms. The van der Waals surface area contributed by atoms with E-state index >= 15 is 0 Å². The smallest absolute Gasteiger partial charge is 0.00000000322 e. The van der Waals surface area contributed by atoms with Gasteiger partial charge in [-0.15, -0.1) is 0 Å². The fourth-order valence-electron chi connectivity index (χ4n) is 192. The Morgan fingerprint density at radius 2 is 0.132 bits per heavy atom. The third kappa shape index (κ3) is 0.692. The molecule has 121 saturated carbocycles. The lowest BCUT2D eigenvalue weighted by molar-refractivity contribution is -1.11. The molecule has 0 heterocycles. The molecule has 140 atom stereocenters. The van der Waals surface area contributed by atoms with Crippen molar-refractivity contribution in [3.8, 4) is 0 Å². The van der Waals surface area contributed by atoms with Gasteiger partial charge in [0.05, 0.1) is 0 Å². The Morgan fingerprint density at radius 3 is 0.236 bits per heavy atom. The Bertz CT molecular complexity index is 11500. The SMILES string of the molecule is C1C2C3C4C5C6C7C8C9C%10C%11CC%12C%13C%14C%15C%16C%17C%18C%19C%20C%21CC%22C%23C%24C%25C%26C%27C%28C%29C%30C%31CC%32C%33C%34C%35C%36C%37C%38C%39C%40C1C21C32C43C54C65C76C87C98C%109C%11%12[C@]%13%10C9%11C89C78C67C56C45C34C23C%401C%391C%382C%37%12C%36%13C%35%36C%34%35C%33%34C%32%31C%30%31C%29%30C%28%29C%27%28C%26%27C%25%26C%24%25C%23%24C%22%21C%20%21C%24%20C%25%22C%26%23C%27%24C%28%25C%29%26C%30%27C%34%31C%35%28C%36%29C%13%30C%12%13C2%12C13C41C52C63C74C56C37C23C%121C%131C%302C%29%12C%28%27C%26%13C%12%26C2%12C13C71C52C35C67C84C94C76C37C38C59C25C1%12C%261C52C95C39C%22([C@@]%203C9%12C89C78C67C4%11[C@]%14%10[C@@]%157[C@@]%168[C@@]%179[C@@]%18%12[C@@]%19%213)[C@@]%235[C@@]%242[C@@]%13%251. The molecule has 0 aromatic carbocycles. The maximum atomic E-state index is 1.99. The molecule has 121 rings (SSSR count). The largest absolute Gasteiger partial charge is 0.0458 e. The van der Waals surface area contributed by atoms with Crippen molar-refractivity contribution >= 4 is 0 Å². The molecule has 0 amide bonds. The lowest BCUT2D eigenvalue weighted by atomic mass is 8.13. The van der Waals surface area contributed by atoms with E-state index in [0.717, 1.165) is 217 Å². The number of fused-ring (bicyclic) bond motifs is 36. The molecule has 0 N–H and O–H groups in total. The van der Waals surface area contributed by atoms with Crippen LogP contribution in [0.2, 0.25) is 0 Å². The van der Waals surface area contributed by atoms with Gasteiger partial charge in [0.1, 0.15) is 0 Å². The molecule has 0 bridgehead atoms. The molecule has 0 saturated heterocycles. The maximum absolute atomic E-state index is 1.99. The Hall–Kier alpha value is 0. The van der Waals surface area contributed by atoms with Crippen molar-refractivity contribution in [1.82, 2.24) is 0 Å². The lowest BCUT2D eigenvalue weighted by Crippen LogP contribution is -3.82. The molecule has 129 unspecified atom stereocenters. The predicted molar refractivity (Wildman–Crippen MR) is 448 cm³/mol. The van der Waals surface area contributed by atoms with Crippen LogP contribution >= 0.6 is 0 Å². The van der Waals surface area contributed by atoms with Crippen molar-refractivity contribution in [1.29, 1.82) is 0 Å². The minimum Gasteiger partial charge on any atom is -0.0458 e. The molecule has 0 radical (unpaired) electrons. The van der Waals surface area contributed by atoms with Gasteiger partial charge in [-0.1, -0.05) is 0 Å². The fourth-order valence-corrected chi connectivity index (χ4v) is 192. The maximum Gasteiger partial charge on any atom is -0.00000000322 e. The second kappa shape index (κ2) is 5.50. The van der Waals surface area contributed by atoms with E-state index in [9.17, 15) is 0 Å². The summed E-state index contributed by atoms with van der Waals surface area (Å²) in [5.41, 5.74) is 117. The van der Waals surface area contributed by atoms with Crippen molar-refractivity contribution in [2.45, 2.75) is 25.7 Å². The van der Waals surface area contributed by atoms with Crippen LogP contribution in [0.3, 0.4) is 0 Å². The van der Waals surface area contributed by atoms with Gasteiger partial charge in [-0.05, 0) is 804 Å². The van der Waals surface area contributed by atoms with Crippen LogP contribution in [0.4, 0.5) is 0 Å². The molecule has 121 aliphatic rings. The van der Waals surface area contributed by atoms with E-state index in [4.69, 9.17) is 0 Å². The second-order valence-corrected chi connectivity index (χ2v) is 100.0. The van der Waals surface area contributed by atoms with E-state index in [-0.39, 0.29) is 0 Å². The third-order valence-electron chi connectivity index (χ3n) is 142. The van der Waals surface area contributed by atoms with Gasteiger partial charge in [-0.2, -0.15) is 0 Å². The van der Waals surface area contributed by atoms with Crippen LogP contribution in [0.25, 0.3) is 0 Å². The summed E-state index contributed by atoms with van der Waals surface area (Å²) < 4.78 is 0. The minimum atomic E-state index is 1.12. The first-order chi connectivity index (χ1) is 71.8. The predicted octanol–water partition coefficient (Wildman–Crippen LogP) is 11.2. The first kappa shape index (κ1) is 42.2. The van der Waals surface area contributed by atoms with Crippen LogP contribution < -0.4 is 0 Å². The summed E-state index contributed by atoms with van der Waals surface area (Å²) in [6.07, 6.45) is 7.96. The van der Waals surface area contributed by atoms with Gasteiger partial charge in [0.25, 0.3) is 0 Å². The first-order valence-electron chi connectivity index (χ1n) is 71.8. The molecule has 0 aliphatic heterocycles. The van der Waals surface area contributed by atoms with Crippen LogP contribution in [0.5, 0.6) is 0 Å². The van der Waals surface area contributed by atoms with Gasteiger partial charge in [-0.25, -0.2) is 0 Å². The minimum absolute atomic E-state index is 1.12. The molecule has 144 heavy (non-hydrogen) atoms. The molecule has 624 valence electrons. The highest BCUT2D eigenvalue weighted by atomic mass is 16.0. The van der Waals surface area contributed by atoms with Gasteiger partial charge in [0, 0.05) is 0 Å².